The number of anilines is 1. The molecule has 0 atom stereocenters. The Hall–Kier alpha value is -2.53. The number of carbonyl (C=O) groups excluding carboxylic acids is 1. The van der Waals surface area contributed by atoms with Crippen molar-refractivity contribution in [3.8, 4) is 17.6 Å². The van der Waals surface area contributed by atoms with Crippen molar-refractivity contribution in [3.63, 3.8) is 0 Å². The molecule has 5 nitrogen and oxygen atoms in total. The molecule has 28 heavy (non-hydrogen) atoms. The number of ether oxygens (including phenoxy) is 2. The summed E-state index contributed by atoms with van der Waals surface area (Å²) in [5, 5.41) is 12.2. The lowest BCUT2D eigenvalue weighted by Gasteiger charge is -2.16. The molecule has 2 rings (SSSR count). The second-order valence-electron chi connectivity index (χ2n) is 6.62. The van der Waals surface area contributed by atoms with E-state index in [-0.39, 0.29) is 11.7 Å². The van der Waals surface area contributed by atoms with Crippen LogP contribution in [0.5, 0.6) is 11.5 Å². The summed E-state index contributed by atoms with van der Waals surface area (Å²) in [7, 11) is 1.56. The fourth-order valence-corrected chi connectivity index (χ4v) is 3.26. The van der Waals surface area contributed by atoms with Gasteiger partial charge >= 0.3 is 0 Å². The fourth-order valence-electron chi connectivity index (χ4n) is 2.51. The zero-order valence-electron chi connectivity index (χ0n) is 16.6. The van der Waals surface area contributed by atoms with Crippen molar-refractivity contribution in [2.75, 3.05) is 12.4 Å². The van der Waals surface area contributed by atoms with Gasteiger partial charge in [-0.1, -0.05) is 6.07 Å². The van der Waals surface area contributed by atoms with Crippen LogP contribution in [0.3, 0.4) is 0 Å². The first kappa shape index (κ1) is 21.8. The van der Waals surface area contributed by atoms with E-state index in [9.17, 15) is 10.1 Å². The van der Waals surface area contributed by atoms with Gasteiger partial charge in [0.1, 0.15) is 11.6 Å². The summed E-state index contributed by atoms with van der Waals surface area (Å²) in [4.78, 5) is 12.5. The van der Waals surface area contributed by atoms with Crippen LogP contribution in [0.2, 0.25) is 0 Å². The molecule has 0 aliphatic rings. The van der Waals surface area contributed by atoms with Gasteiger partial charge in [0.05, 0.1) is 16.8 Å². The molecule has 0 saturated carbocycles. The van der Waals surface area contributed by atoms with E-state index in [1.807, 2.05) is 58.0 Å². The van der Waals surface area contributed by atoms with Crippen LogP contribution in [0.1, 0.15) is 30.5 Å². The predicted octanol–water partition coefficient (Wildman–Crippen LogP) is 5.25. The molecule has 0 fully saturated rings. The van der Waals surface area contributed by atoms with Crippen LogP contribution >= 0.6 is 22.6 Å². The molecule has 146 valence electrons. The summed E-state index contributed by atoms with van der Waals surface area (Å²) in [6.45, 7) is 7.85. The van der Waals surface area contributed by atoms with E-state index in [2.05, 4.69) is 27.9 Å². The van der Waals surface area contributed by atoms with Gasteiger partial charge in [-0.3, -0.25) is 4.79 Å². The van der Waals surface area contributed by atoms with E-state index in [4.69, 9.17) is 9.47 Å². The topological polar surface area (TPSA) is 71.3 Å². The highest BCUT2D eigenvalue weighted by Crippen LogP contribution is 2.35. The second-order valence-corrected chi connectivity index (χ2v) is 7.79. The molecule has 0 bridgehead atoms. The van der Waals surface area contributed by atoms with Gasteiger partial charge < -0.3 is 14.8 Å². The minimum atomic E-state index is -0.456. The minimum absolute atomic E-state index is 0.00206. The Morgan fingerprint density at radius 3 is 2.50 bits per heavy atom. The van der Waals surface area contributed by atoms with Crippen LogP contribution in [-0.2, 0) is 4.79 Å². The molecular formula is C22H23IN2O3. The molecule has 0 unspecified atom stereocenters. The van der Waals surface area contributed by atoms with Gasteiger partial charge in [0.15, 0.2) is 11.5 Å². The Labute approximate surface area is 179 Å². The lowest BCUT2D eigenvalue weighted by Crippen LogP contribution is -2.13. The van der Waals surface area contributed by atoms with Crippen LogP contribution in [0.15, 0.2) is 35.9 Å². The Morgan fingerprint density at radius 2 is 1.93 bits per heavy atom. The third-order valence-electron chi connectivity index (χ3n) is 4.05. The van der Waals surface area contributed by atoms with Crippen molar-refractivity contribution in [2.24, 2.45) is 0 Å². The fraction of sp³-hybridized carbons (Fsp3) is 0.273. The zero-order valence-corrected chi connectivity index (χ0v) is 18.7. The van der Waals surface area contributed by atoms with E-state index in [1.54, 1.807) is 19.3 Å². The van der Waals surface area contributed by atoms with Crippen molar-refractivity contribution in [2.45, 2.75) is 33.8 Å². The van der Waals surface area contributed by atoms with Crippen molar-refractivity contribution in [1.29, 1.82) is 5.26 Å². The van der Waals surface area contributed by atoms with Crippen LogP contribution in [0.25, 0.3) is 6.08 Å². The monoisotopic (exact) mass is 490 g/mol. The number of nitrogens with one attached hydrogen (secondary N) is 1. The first-order valence-electron chi connectivity index (χ1n) is 8.79. The quantitative estimate of drug-likeness (QED) is 0.341. The third kappa shape index (κ3) is 5.49. The minimum Gasteiger partial charge on any atom is -0.493 e. The molecule has 0 aliphatic carbocycles. The van der Waals surface area contributed by atoms with Gasteiger partial charge in [0.25, 0.3) is 5.91 Å². The average Bonchev–Trinajstić information content (AvgIpc) is 2.64. The summed E-state index contributed by atoms with van der Waals surface area (Å²) < 4.78 is 12.1. The molecule has 2 aromatic carbocycles. The maximum atomic E-state index is 12.5. The summed E-state index contributed by atoms with van der Waals surface area (Å²) >= 11 is 2.15. The highest BCUT2D eigenvalue weighted by atomic mass is 127. The Bertz CT molecular complexity index is 959. The SMILES string of the molecule is COc1cc(/C=C(\C#N)C(=O)Nc2ccc(C)c(C)c2)cc(I)c1OC(C)C. The molecule has 0 aliphatic heterocycles. The average molecular weight is 490 g/mol. The lowest BCUT2D eigenvalue weighted by molar-refractivity contribution is -0.112. The molecule has 0 radical (unpaired) electrons. The normalized spacial score (nSPS) is 11.1. The second kappa shape index (κ2) is 9.60. The third-order valence-corrected chi connectivity index (χ3v) is 4.85. The van der Waals surface area contributed by atoms with Crippen molar-refractivity contribution in [3.05, 3.63) is 56.2 Å². The van der Waals surface area contributed by atoms with E-state index in [0.717, 1.165) is 14.7 Å². The van der Waals surface area contributed by atoms with Gasteiger partial charge in [-0.15, -0.1) is 0 Å². The Balaban J connectivity index is 2.32. The van der Waals surface area contributed by atoms with Crippen molar-refractivity contribution in [1.82, 2.24) is 0 Å². The van der Waals surface area contributed by atoms with Crippen LogP contribution in [0.4, 0.5) is 5.69 Å². The zero-order chi connectivity index (χ0) is 20.8. The smallest absolute Gasteiger partial charge is 0.266 e. The molecular weight excluding hydrogens is 467 g/mol. The number of rotatable bonds is 6. The molecule has 6 heteroatoms. The van der Waals surface area contributed by atoms with Crippen LogP contribution in [-0.4, -0.2) is 19.1 Å². The van der Waals surface area contributed by atoms with Gasteiger partial charge in [0.2, 0.25) is 0 Å². The van der Waals surface area contributed by atoms with E-state index >= 15 is 0 Å². The maximum Gasteiger partial charge on any atom is 0.266 e. The molecule has 1 amide bonds. The number of halogens is 1. The summed E-state index contributed by atoms with van der Waals surface area (Å²) in [5.41, 5.74) is 3.56. The highest BCUT2D eigenvalue weighted by molar-refractivity contribution is 14.1. The molecule has 0 heterocycles. The summed E-state index contributed by atoms with van der Waals surface area (Å²) in [6.07, 6.45) is 1.54. The highest BCUT2D eigenvalue weighted by Gasteiger charge is 2.15. The first-order chi connectivity index (χ1) is 13.2. The number of nitrogens with zero attached hydrogens (tertiary/aromatic N) is 1. The molecule has 0 aromatic heterocycles. The lowest BCUT2D eigenvalue weighted by atomic mass is 10.1. The van der Waals surface area contributed by atoms with Gasteiger partial charge in [-0.25, -0.2) is 0 Å². The number of methoxy groups -OCH3 is 1. The molecule has 1 N–H and O–H groups in total. The maximum absolute atomic E-state index is 12.5. The summed E-state index contributed by atoms with van der Waals surface area (Å²) in [6, 6.07) is 11.2. The van der Waals surface area contributed by atoms with E-state index in [0.29, 0.717) is 22.7 Å². The van der Waals surface area contributed by atoms with Gasteiger partial charge in [-0.2, -0.15) is 5.26 Å². The number of aryl methyl sites for hydroxylation is 2. The predicted molar refractivity (Wildman–Crippen MR) is 120 cm³/mol. The molecule has 0 spiro atoms. The Morgan fingerprint density at radius 1 is 1.21 bits per heavy atom. The number of hydrogen-bond donors (Lipinski definition) is 1. The van der Waals surface area contributed by atoms with Gasteiger partial charge in [-0.05, 0) is 97.3 Å². The number of nitriles is 1. The number of amides is 1. The first-order valence-corrected chi connectivity index (χ1v) is 9.87. The standard InChI is InChI=1S/C22H23IN2O3/c1-13(2)28-21-19(23)10-16(11-20(21)27-5)9-17(12-24)22(26)25-18-7-6-14(3)15(4)8-18/h6-11,13H,1-5H3,(H,25,26)/b17-9+. The molecule has 2 aromatic rings. The summed E-state index contributed by atoms with van der Waals surface area (Å²) in [5.74, 6) is 0.745. The van der Waals surface area contributed by atoms with E-state index in [1.165, 1.54) is 0 Å². The largest absolute Gasteiger partial charge is 0.493 e. The number of carbonyl (C=O) groups is 1. The number of benzene rings is 2. The van der Waals surface area contributed by atoms with Crippen LogP contribution < -0.4 is 14.8 Å². The van der Waals surface area contributed by atoms with Crippen molar-refractivity contribution >= 4 is 40.3 Å². The molecule has 0 saturated heterocycles. The van der Waals surface area contributed by atoms with Gasteiger partial charge in [0, 0.05) is 5.69 Å². The van der Waals surface area contributed by atoms with Crippen molar-refractivity contribution < 1.29 is 14.3 Å². The number of hydrogen-bond acceptors (Lipinski definition) is 4. The van der Waals surface area contributed by atoms with Crippen LogP contribution in [0, 0.1) is 28.7 Å². The Kier molecular flexibility index (Phi) is 7.46. The van der Waals surface area contributed by atoms with E-state index < -0.39 is 5.91 Å².